The first-order chi connectivity index (χ1) is 11.8. The summed E-state index contributed by atoms with van der Waals surface area (Å²) in [6.45, 7) is 7.52. The molecule has 1 aromatic carbocycles. The summed E-state index contributed by atoms with van der Waals surface area (Å²) in [5.41, 5.74) is -0.0559. The van der Waals surface area contributed by atoms with E-state index in [-0.39, 0.29) is 23.5 Å². The zero-order valence-electron chi connectivity index (χ0n) is 14.6. The summed E-state index contributed by atoms with van der Waals surface area (Å²) >= 11 is 0. The topological polar surface area (TPSA) is 82.5 Å². The molecule has 0 unspecified atom stereocenters. The number of aryl methyl sites for hydroxylation is 1. The average molecular weight is 341 g/mol. The number of hydrogen-bond acceptors (Lipinski definition) is 6. The van der Waals surface area contributed by atoms with Gasteiger partial charge in [-0.2, -0.15) is 0 Å². The monoisotopic (exact) mass is 341 g/mol. The van der Waals surface area contributed by atoms with Gasteiger partial charge in [0.2, 0.25) is 5.89 Å². The summed E-state index contributed by atoms with van der Waals surface area (Å²) in [7, 11) is 0. The molecule has 0 spiro atoms. The highest BCUT2D eigenvalue weighted by Gasteiger charge is 2.22. The van der Waals surface area contributed by atoms with Gasteiger partial charge in [0.05, 0.1) is 6.20 Å². The van der Waals surface area contributed by atoms with E-state index in [4.69, 9.17) is 13.6 Å². The van der Waals surface area contributed by atoms with Crippen molar-refractivity contribution in [2.75, 3.05) is 0 Å². The highest BCUT2D eigenvalue weighted by atomic mass is 16.5. The Kier molecular flexibility index (Phi) is 4.20. The van der Waals surface area contributed by atoms with Crippen LogP contribution in [-0.2, 0) is 16.8 Å². The molecular formula is C19H19NO5. The molecule has 130 valence electrons. The Balaban J connectivity index is 1.83. The second-order valence-electron chi connectivity index (χ2n) is 6.83. The lowest BCUT2D eigenvalue weighted by molar-refractivity contribution is 0.0430. The lowest BCUT2D eigenvalue weighted by Crippen LogP contribution is -2.18. The fourth-order valence-electron chi connectivity index (χ4n) is 2.46. The number of nitrogens with zero attached hydrogens (tertiary/aromatic N) is 1. The number of benzene rings is 1. The highest BCUT2D eigenvalue weighted by molar-refractivity contribution is 5.95. The fourth-order valence-corrected chi connectivity index (χ4v) is 2.46. The molecule has 0 amide bonds. The number of para-hydroxylation sites is 1. The van der Waals surface area contributed by atoms with Crippen molar-refractivity contribution in [2.24, 2.45) is 0 Å². The van der Waals surface area contributed by atoms with Crippen molar-refractivity contribution in [1.29, 1.82) is 0 Å². The molecule has 0 saturated heterocycles. The van der Waals surface area contributed by atoms with E-state index < -0.39 is 11.6 Å². The van der Waals surface area contributed by atoms with Crippen molar-refractivity contribution in [3.8, 4) is 0 Å². The number of aromatic nitrogens is 1. The lowest BCUT2D eigenvalue weighted by Gasteiger charge is -2.13. The van der Waals surface area contributed by atoms with Crippen molar-refractivity contribution >= 4 is 16.9 Å². The largest absolute Gasteiger partial charge is 0.452 e. The van der Waals surface area contributed by atoms with Gasteiger partial charge in [-0.3, -0.25) is 0 Å². The Bertz CT molecular complexity index is 991. The fraction of sp³-hybridized carbons (Fsp3) is 0.316. The predicted molar refractivity (Wildman–Crippen MR) is 91.5 cm³/mol. The molecule has 2 aromatic heterocycles. The summed E-state index contributed by atoms with van der Waals surface area (Å²) in [6.07, 6.45) is 1.61. The zero-order valence-corrected chi connectivity index (χ0v) is 14.6. The minimum absolute atomic E-state index is 0.110. The Labute approximate surface area is 144 Å². The van der Waals surface area contributed by atoms with Crippen LogP contribution in [0.25, 0.3) is 11.0 Å². The van der Waals surface area contributed by atoms with E-state index >= 15 is 0 Å². The lowest BCUT2D eigenvalue weighted by atomic mass is 9.94. The minimum atomic E-state index is -0.757. The maximum absolute atomic E-state index is 12.4. The predicted octanol–water partition coefficient (Wildman–Crippen LogP) is 3.74. The molecule has 6 nitrogen and oxygen atoms in total. The molecule has 0 fully saturated rings. The van der Waals surface area contributed by atoms with Crippen LogP contribution < -0.4 is 5.63 Å². The first kappa shape index (κ1) is 17.0. The van der Waals surface area contributed by atoms with Gasteiger partial charge < -0.3 is 13.6 Å². The van der Waals surface area contributed by atoms with E-state index in [0.717, 1.165) is 0 Å². The van der Waals surface area contributed by atoms with Crippen LogP contribution in [0, 0.1) is 6.92 Å². The summed E-state index contributed by atoms with van der Waals surface area (Å²) in [5, 5.41) is 0.695. The van der Waals surface area contributed by atoms with Gasteiger partial charge in [-0.05, 0) is 18.6 Å². The van der Waals surface area contributed by atoms with Crippen LogP contribution >= 0.6 is 0 Å². The molecule has 6 heteroatoms. The summed E-state index contributed by atoms with van der Waals surface area (Å²) in [4.78, 5) is 28.6. The molecule has 3 rings (SSSR count). The van der Waals surface area contributed by atoms with Gasteiger partial charge in [0.25, 0.3) is 0 Å². The van der Waals surface area contributed by atoms with E-state index in [1.807, 2.05) is 26.8 Å². The van der Waals surface area contributed by atoms with Crippen LogP contribution in [0.2, 0.25) is 0 Å². The standard InChI is InChI=1S/C19H19NO5/c1-11-12-7-5-6-8-13(12)24-18(22)16(11)17(21)23-10-15-20-9-14(25-15)19(2,3)4/h5-9H,10H2,1-4H3. The highest BCUT2D eigenvalue weighted by Crippen LogP contribution is 2.23. The minimum Gasteiger partial charge on any atom is -0.452 e. The molecular weight excluding hydrogens is 322 g/mol. The van der Waals surface area contributed by atoms with Gasteiger partial charge >= 0.3 is 11.6 Å². The molecule has 2 heterocycles. The molecule has 0 aliphatic rings. The molecule has 0 aliphatic carbocycles. The van der Waals surface area contributed by atoms with Gasteiger partial charge in [0, 0.05) is 10.8 Å². The number of oxazole rings is 1. The number of carbonyl (C=O) groups excluding carboxylic acids is 1. The summed E-state index contributed by atoms with van der Waals surface area (Å²) in [6, 6.07) is 7.04. The van der Waals surface area contributed by atoms with Gasteiger partial charge in [0.15, 0.2) is 6.61 Å². The van der Waals surface area contributed by atoms with Crippen LogP contribution in [0.15, 0.2) is 44.1 Å². The quantitative estimate of drug-likeness (QED) is 0.533. The molecule has 0 N–H and O–H groups in total. The third-order valence-electron chi connectivity index (χ3n) is 3.90. The maximum atomic E-state index is 12.4. The van der Waals surface area contributed by atoms with Crippen molar-refractivity contribution in [2.45, 2.75) is 39.7 Å². The van der Waals surface area contributed by atoms with E-state index in [0.29, 0.717) is 22.3 Å². The smallest absolute Gasteiger partial charge is 0.351 e. The van der Waals surface area contributed by atoms with Gasteiger partial charge in [-0.15, -0.1) is 0 Å². The third kappa shape index (κ3) is 3.33. The van der Waals surface area contributed by atoms with Crippen molar-refractivity contribution in [3.05, 3.63) is 63.7 Å². The van der Waals surface area contributed by atoms with Gasteiger partial charge in [0.1, 0.15) is 16.9 Å². The average Bonchev–Trinajstić information content (AvgIpc) is 3.02. The van der Waals surface area contributed by atoms with E-state index in [2.05, 4.69) is 4.98 Å². The molecule has 0 bridgehead atoms. The SMILES string of the molecule is Cc1c(C(=O)OCc2ncc(C(C)(C)C)o2)c(=O)oc2ccccc12. The zero-order chi connectivity index (χ0) is 18.2. The number of esters is 1. The first-order valence-electron chi connectivity index (χ1n) is 7.92. The number of fused-ring (bicyclic) bond motifs is 1. The summed E-state index contributed by atoms with van der Waals surface area (Å²) in [5.74, 6) is 0.216. The number of rotatable bonds is 3. The number of carbonyl (C=O) groups is 1. The molecule has 3 aromatic rings. The van der Waals surface area contributed by atoms with Gasteiger partial charge in [-0.1, -0.05) is 39.0 Å². The van der Waals surface area contributed by atoms with Crippen LogP contribution in [0.5, 0.6) is 0 Å². The maximum Gasteiger partial charge on any atom is 0.351 e. The Hall–Kier alpha value is -2.89. The molecule has 0 atom stereocenters. The number of ether oxygens (including phenoxy) is 1. The Morgan fingerprint density at radius 3 is 2.60 bits per heavy atom. The van der Waals surface area contributed by atoms with Gasteiger partial charge in [-0.25, -0.2) is 14.6 Å². The Morgan fingerprint density at radius 1 is 1.20 bits per heavy atom. The molecule has 25 heavy (non-hydrogen) atoms. The molecule has 0 aliphatic heterocycles. The van der Waals surface area contributed by atoms with Crippen molar-refractivity contribution < 1.29 is 18.4 Å². The van der Waals surface area contributed by atoms with Crippen LogP contribution in [0.4, 0.5) is 0 Å². The molecule has 0 saturated carbocycles. The molecule has 0 radical (unpaired) electrons. The second-order valence-corrected chi connectivity index (χ2v) is 6.83. The van der Waals surface area contributed by atoms with E-state index in [1.165, 1.54) is 0 Å². The summed E-state index contributed by atoms with van der Waals surface area (Å²) < 4.78 is 16.0. The normalized spacial score (nSPS) is 11.7. The van der Waals surface area contributed by atoms with Crippen molar-refractivity contribution in [3.63, 3.8) is 0 Å². The van der Waals surface area contributed by atoms with Crippen LogP contribution in [-0.4, -0.2) is 11.0 Å². The first-order valence-corrected chi connectivity index (χ1v) is 7.92. The Morgan fingerprint density at radius 2 is 1.92 bits per heavy atom. The van der Waals surface area contributed by atoms with E-state index in [1.54, 1.807) is 31.3 Å². The number of hydrogen-bond donors (Lipinski definition) is 0. The third-order valence-corrected chi connectivity index (χ3v) is 3.90. The van der Waals surface area contributed by atoms with E-state index in [9.17, 15) is 9.59 Å². The van der Waals surface area contributed by atoms with Crippen molar-refractivity contribution in [1.82, 2.24) is 4.98 Å². The van der Waals surface area contributed by atoms with Crippen LogP contribution in [0.1, 0.15) is 48.3 Å². The van der Waals surface area contributed by atoms with Crippen LogP contribution in [0.3, 0.4) is 0 Å². The second kappa shape index (κ2) is 6.20.